The Labute approximate surface area is 326 Å². The van der Waals surface area contributed by atoms with Crippen molar-refractivity contribution in [3.63, 3.8) is 0 Å². The number of aryl methyl sites for hydroxylation is 4. The van der Waals surface area contributed by atoms with Crippen molar-refractivity contribution in [3.8, 4) is 0 Å². The van der Waals surface area contributed by atoms with E-state index in [0.29, 0.717) is 10.8 Å². The summed E-state index contributed by atoms with van der Waals surface area (Å²) in [5.74, 6) is 0. The second-order valence-electron chi connectivity index (χ2n) is 12.9. The molecular weight excluding hydrogens is 681 g/mol. The van der Waals surface area contributed by atoms with Gasteiger partial charge in [-0.1, -0.05) is 128 Å². The summed E-state index contributed by atoms with van der Waals surface area (Å²) in [6.07, 6.45) is 16.7. The third kappa shape index (κ3) is 13.5. The molecule has 6 nitrogen and oxygen atoms in total. The average Bonchev–Trinajstić information content (AvgIpc) is 3.04. The molecule has 0 heterocycles. The van der Waals surface area contributed by atoms with E-state index in [1.54, 1.807) is 24.3 Å². The van der Waals surface area contributed by atoms with Crippen molar-refractivity contribution in [1.29, 1.82) is 0 Å². The molecule has 0 bridgehead atoms. The van der Waals surface area contributed by atoms with Gasteiger partial charge in [-0.05, 0) is 107 Å². The van der Waals surface area contributed by atoms with Gasteiger partial charge in [0.15, 0.2) is 0 Å². The zero-order valence-corrected chi connectivity index (χ0v) is 33.9. The Morgan fingerprint density at radius 1 is 0.449 bits per heavy atom. The van der Waals surface area contributed by atoms with Crippen LogP contribution in [-0.2, 0) is 45.9 Å². The molecule has 264 valence electrons. The predicted octanol–water partition coefficient (Wildman–Crippen LogP) is 10.0. The molecule has 4 rings (SSSR count). The molecule has 0 saturated carbocycles. The molecule has 0 aliphatic heterocycles. The van der Waals surface area contributed by atoms with Crippen molar-refractivity contribution >= 4 is 79.5 Å². The van der Waals surface area contributed by atoms with Crippen molar-refractivity contribution < 1.29 is 25.9 Å². The van der Waals surface area contributed by atoms with Crippen molar-refractivity contribution in [2.24, 2.45) is 0 Å². The van der Waals surface area contributed by atoms with Gasteiger partial charge in [-0.2, -0.15) is 0 Å². The van der Waals surface area contributed by atoms with Crippen LogP contribution in [0.15, 0.2) is 70.5 Å². The number of rotatable bonds is 18. The van der Waals surface area contributed by atoms with Gasteiger partial charge >= 0.3 is 37.7 Å². The molecule has 0 spiro atoms. The Bertz CT molecular complexity index is 1700. The third-order valence-corrected chi connectivity index (χ3v) is 10.7. The number of benzene rings is 4. The third-order valence-electron chi connectivity index (χ3n) is 8.99. The zero-order valence-electron chi connectivity index (χ0n) is 30.1. The maximum absolute atomic E-state index is 11.7. The fourth-order valence-corrected chi connectivity index (χ4v) is 7.86. The molecule has 9 heteroatoms. The van der Waals surface area contributed by atoms with E-state index >= 15 is 0 Å². The van der Waals surface area contributed by atoms with Gasteiger partial charge in [0.1, 0.15) is 20.2 Å². The molecule has 0 aliphatic rings. The van der Waals surface area contributed by atoms with Crippen LogP contribution in [0.1, 0.15) is 127 Å². The maximum Gasteiger partial charge on any atom is 2.00 e. The molecule has 4 aromatic carbocycles. The first-order chi connectivity index (χ1) is 22.9. The van der Waals surface area contributed by atoms with E-state index in [1.165, 1.54) is 0 Å². The normalized spacial score (nSPS) is 11.7. The molecule has 0 fully saturated rings. The first-order valence-corrected chi connectivity index (χ1v) is 20.8. The summed E-state index contributed by atoms with van der Waals surface area (Å²) in [7, 11) is -8.95. The monoisotopic (exact) mass is 734 g/mol. The van der Waals surface area contributed by atoms with Crippen LogP contribution in [0.3, 0.4) is 0 Å². The van der Waals surface area contributed by atoms with Crippen LogP contribution in [0.25, 0.3) is 21.5 Å². The van der Waals surface area contributed by atoms with E-state index in [0.717, 1.165) is 136 Å². The Kier molecular flexibility index (Phi) is 19.4. The number of fused-ring (bicyclic) bond motifs is 2. The Morgan fingerprint density at radius 3 is 1.08 bits per heavy atom. The summed E-state index contributed by atoms with van der Waals surface area (Å²) in [6, 6.07) is 18.6. The summed E-state index contributed by atoms with van der Waals surface area (Å²) in [4.78, 5) is -0.132. The maximum atomic E-state index is 11.7. The van der Waals surface area contributed by atoms with Gasteiger partial charge < -0.3 is 9.11 Å². The Balaban J connectivity index is 0.000000333. The van der Waals surface area contributed by atoms with Crippen molar-refractivity contribution in [3.05, 3.63) is 82.9 Å². The van der Waals surface area contributed by atoms with Crippen LogP contribution in [0, 0.1) is 0 Å². The summed E-state index contributed by atoms with van der Waals surface area (Å²) >= 11 is 0. The standard InChI is InChI=1S/2C20H28O3S.Ca/c2*1-3-5-7-10-16-14-19-17(11-8-6-4-2)12-9-13-18(19)20(15-16)24(21,22)23;/h2*9,12-15H,3-8,10-11H2,1-2H3,(H,21,22,23);/q;;+2/p-2. The van der Waals surface area contributed by atoms with Crippen LogP contribution in [-0.4, -0.2) is 63.7 Å². The number of unbranched alkanes of at least 4 members (excludes halogenated alkanes) is 8. The fraction of sp³-hybridized carbons (Fsp3) is 0.500. The summed E-state index contributed by atoms with van der Waals surface area (Å²) in [6.45, 7) is 8.60. The predicted molar refractivity (Wildman–Crippen MR) is 202 cm³/mol. The number of hydrogen-bond donors (Lipinski definition) is 0. The molecule has 49 heavy (non-hydrogen) atoms. The molecule has 0 saturated heterocycles. The van der Waals surface area contributed by atoms with Crippen LogP contribution >= 0.6 is 0 Å². The van der Waals surface area contributed by atoms with Gasteiger partial charge in [0.2, 0.25) is 0 Å². The van der Waals surface area contributed by atoms with Gasteiger partial charge in [0.25, 0.3) is 0 Å². The van der Waals surface area contributed by atoms with Gasteiger partial charge in [-0.25, -0.2) is 16.8 Å². The summed E-state index contributed by atoms with van der Waals surface area (Å²) in [5.41, 5.74) is 4.19. The van der Waals surface area contributed by atoms with Crippen LogP contribution in [0.4, 0.5) is 0 Å². The second kappa shape index (κ2) is 21.8. The molecule has 0 aliphatic carbocycles. The molecule has 0 unspecified atom stereocenters. The van der Waals surface area contributed by atoms with Crippen LogP contribution in [0.5, 0.6) is 0 Å². The van der Waals surface area contributed by atoms with Gasteiger partial charge in [0.05, 0.1) is 9.79 Å². The quantitative estimate of drug-likeness (QED) is 0.0571. The molecular formula is C40H54CaO6S2. The SMILES string of the molecule is CCCCCc1cc(S(=O)(=O)[O-])c2cccc(CCCCC)c2c1.CCCCCc1cc(S(=O)(=O)[O-])c2cccc(CCCCC)c2c1.[Ca+2]. The topological polar surface area (TPSA) is 114 Å². The van der Waals surface area contributed by atoms with E-state index in [-0.39, 0.29) is 47.5 Å². The smallest absolute Gasteiger partial charge is 0.744 e. The summed E-state index contributed by atoms with van der Waals surface area (Å²) < 4.78 is 70.5. The first kappa shape index (κ1) is 43.6. The first-order valence-electron chi connectivity index (χ1n) is 17.9. The van der Waals surface area contributed by atoms with Gasteiger partial charge in [-0.3, -0.25) is 0 Å². The molecule has 0 N–H and O–H groups in total. The minimum atomic E-state index is -4.47. The molecule has 4 aromatic rings. The minimum Gasteiger partial charge on any atom is -0.744 e. The second-order valence-corrected chi connectivity index (χ2v) is 15.6. The van der Waals surface area contributed by atoms with Crippen LogP contribution < -0.4 is 0 Å². The molecule has 0 amide bonds. The fourth-order valence-electron chi connectivity index (χ4n) is 6.37. The molecule has 0 radical (unpaired) electrons. The van der Waals surface area contributed by atoms with E-state index < -0.39 is 20.2 Å². The average molecular weight is 735 g/mol. The largest absolute Gasteiger partial charge is 2.00 e. The van der Waals surface area contributed by atoms with E-state index in [2.05, 4.69) is 52.0 Å². The van der Waals surface area contributed by atoms with Crippen molar-refractivity contribution in [1.82, 2.24) is 0 Å². The van der Waals surface area contributed by atoms with Gasteiger partial charge in [-0.15, -0.1) is 0 Å². The van der Waals surface area contributed by atoms with Crippen LogP contribution in [0.2, 0.25) is 0 Å². The Hall–Kier alpha value is -1.52. The van der Waals surface area contributed by atoms with E-state index in [1.807, 2.05) is 12.1 Å². The van der Waals surface area contributed by atoms with Gasteiger partial charge in [0, 0.05) is 0 Å². The minimum absolute atomic E-state index is 0. The molecule has 0 atom stereocenters. The Morgan fingerprint density at radius 2 is 0.776 bits per heavy atom. The van der Waals surface area contributed by atoms with Crippen molar-refractivity contribution in [2.45, 2.75) is 140 Å². The van der Waals surface area contributed by atoms with E-state index in [9.17, 15) is 25.9 Å². The number of hydrogen-bond acceptors (Lipinski definition) is 6. The van der Waals surface area contributed by atoms with E-state index in [4.69, 9.17) is 0 Å². The zero-order chi connectivity index (χ0) is 35.2. The molecule has 0 aromatic heterocycles. The summed E-state index contributed by atoms with van der Waals surface area (Å²) in [5, 5.41) is 2.99. The van der Waals surface area contributed by atoms with Crippen molar-refractivity contribution in [2.75, 3.05) is 0 Å².